The van der Waals surface area contributed by atoms with Crippen LogP contribution < -0.4 is 10.6 Å². The lowest BCUT2D eigenvalue weighted by atomic mass is 10.1. The van der Waals surface area contributed by atoms with Crippen molar-refractivity contribution in [1.29, 1.82) is 0 Å². The van der Waals surface area contributed by atoms with Crippen molar-refractivity contribution in [2.75, 3.05) is 39.8 Å². The maximum atomic E-state index is 12.3. The zero-order chi connectivity index (χ0) is 18.8. The average molecular weight is 372 g/mol. The number of nitrogens with one attached hydrogen (secondary N) is 2. The topological polar surface area (TPSA) is 73.9 Å². The Morgan fingerprint density at radius 2 is 2.11 bits per heavy atom. The summed E-state index contributed by atoms with van der Waals surface area (Å²) in [5, 5.41) is 5.96. The van der Waals surface area contributed by atoms with E-state index in [1.54, 1.807) is 0 Å². The number of carbonyl (C=O) groups excluding carboxylic acids is 2. The van der Waals surface area contributed by atoms with Crippen LogP contribution in [0.25, 0.3) is 0 Å². The first-order valence-electron chi connectivity index (χ1n) is 9.79. The molecule has 1 aromatic carbocycles. The third-order valence-corrected chi connectivity index (χ3v) is 5.61. The van der Waals surface area contributed by atoms with Gasteiger partial charge in [-0.25, -0.2) is 0 Å². The summed E-state index contributed by atoms with van der Waals surface area (Å²) in [4.78, 5) is 29.0. The van der Waals surface area contributed by atoms with E-state index < -0.39 is 0 Å². The first-order chi connectivity index (χ1) is 13.1. The molecule has 7 heteroatoms. The maximum absolute atomic E-state index is 12.3. The molecule has 146 valence electrons. The van der Waals surface area contributed by atoms with Gasteiger partial charge in [-0.3, -0.25) is 19.4 Å². The standard InChI is InChI=1S/C20H28N4O3/c1-23-7-8-27-18-12-24(11-17(18)23)13-19(25)21-10-14-3-2-4-15(9-14)20(26)22-16-5-6-16/h2-4,9,16-18H,5-8,10-13H2,1H3,(H,21,25)(H,22,26). The number of amides is 2. The number of morpholine rings is 1. The summed E-state index contributed by atoms with van der Waals surface area (Å²) in [6.45, 7) is 4.20. The van der Waals surface area contributed by atoms with Crippen molar-refractivity contribution in [1.82, 2.24) is 20.4 Å². The van der Waals surface area contributed by atoms with Gasteiger partial charge in [-0.15, -0.1) is 0 Å². The van der Waals surface area contributed by atoms with Crippen molar-refractivity contribution in [3.63, 3.8) is 0 Å². The van der Waals surface area contributed by atoms with Crippen LogP contribution >= 0.6 is 0 Å². The van der Waals surface area contributed by atoms with Crippen molar-refractivity contribution in [3.8, 4) is 0 Å². The Kier molecular flexibility index (Phi) is 5.43. The molecule has 2 unspecified atom stereocenters. The van der Waals surface area contributed by atoms with E-state index in [2.05, 4.69) is 27.5 Å². The van der Waals surface area contributed by atoms with Gasteiger partial charge < -0.3 is 15.4 Å². The predicted molar refractivity (Wildman–Crippen MR) is 101 cm³/mol. The normalized spacial score (nSPS) is 25.8. The molecule has 0 radical (unpaired) electrons. The highest BCUT2D eigenvalue weighted by atomic mass is 16.5. The number of benzene rings is 1. The molecule has 7 nitrogen and oxygen atoms in total. The fourth-order valence-electron chi connectivity index (χ4n) is 3.84. The van der Waals surface area contributed by atoms with Crippen LogP contribution in [-0.4, -0.2) is 79.6 Å². The van der Waals surface area contributed by atoms with E-state index in [9.17, 15) is 9.59 Å². The summed E-state index contributed by atoms with van der Waals surface area (Å²) >= 11 is 0. The van der Waals surface area contributed by atoms with Crippen LogP contribution in [0, 0.1) is 0 Å². The van der Waals surface area contributed by atoms with E-state index in [0.29, 0.717) is 30.7 Å². The van der Waals surface area contributed by atoms with Gasteiger partial charge in [0.25, 0.3) is 5.91 Å². The van der Waals surface area contributed by atoms with Crippen LogP contribution in [0.3, 0.4) is 0 Å². The van der Waals surface area contributed by atoms with Gasteiger partial charge in [0.05, 0.1) is 19.3 Å². The number of likely N-dealkylation sites (tertiary alicyclic amines) is 1. The molecule has 2 saturated heterocycles. The molecule has 3 aliphatic rings. The quantitative estimate of drug-likeness (QED) is 0.747. The van der Waals surface area contributed by atoms with Gasteiger partial charge >= 0.3 is 0 Å². The monoisotopic (exact) mass is 372 g/mol. The molecular formula is C20H28N4O3. The summed E-state index contributed by atoms with van der Waals surface area (Å²) in [5.74, 6) is -0.0291. The number of likely N-dealkylation sites (N-methyl/N-ethyl adjacent to an activating group) is 1. The number of fused-ring (bicyclic) bond motifs is 1. The van der Waals surface area contributed by atoms with Crippen molar-refractivity contribution in [3.05, 3.63) is 35.4 Å². The Hall–Kier alpha value is -1.96. The smallest absolute Gasteiger partial charge is 0.251 e. The molecule has 3 fully saturated rings. The van der Waals surface area contributed by atoms with E-state index in [4.69, 9.17) is 4.74 Å². The van der Waals surface area contributed by atoms with Crippen LogP contribution in [0.4, 0.5) is 0 Å². The molecule has 2 amide bonds. The van der Waals surface area contributed by atoms with E-state index in [1.165, 1.54) is 0 Å². The zero-order valence-corrected chi connectivity index (χ0v) is 15.8. The zero-order valence-electron chi connectivity index (χ0n) is 15.8. The van der Waals surface area contributed by atoms with Gasteiger partial charge in [0.2, 0.25) is 5.91 Å². The molecule has 2 aliphatic heterocycles. The number of hydrogen-bond donors (Lipinski definition) is 2. The van der Waals surface area contributed by atoms with Gasteiger partial charge in [0.15, 0.2) is 0 Å². The number of hydrogen-bond acceptors (Lipinski definition) is 5. The summed E-state index contributed by atoms with van der Waals surface area (Å²) in [7, 11) is 2.12. The van der Waals surface area contributed by atoms with Gasteiger partial charge in [0.1, 0.15) is 0 Å². The van der Waals surface area contributed by atoms with Crippen LogP contribution in [0.2, 0.25) is 0 Å². The van der Waals surface area contributed by atoms with Gasteiger partial charge in [-0.2, -0.15) is 0 Å². The molecule has 0 aromatic heterocycles. The lowest BCUT2D eigenvalue weighted by Crippen LogP contribution is -2.48. The number of carbonyl (C=O) groups is 2. The Morgan fingerprint density at radius 3 is 2.89 bits per heavy atom. The first kappa shape index (κ1) is 18.4. The number of rotatable bonds is 6. The number of nitrogens with zero attached hydrogens (tertiary/aromatic N) is 2. The second-order valence-electron chi connectivity index (χ2n) is 7.88. The molecule has 2 heterocycles. The highest BCUT2D eigenvalue weighted by molar-refractivity contribution is 5.94. The second-order valence-corrected chi connectivity index (χ2v) is 7.88. The maximum Gasteiger partial charge on any atom is 0.251 e. The third-order valence-electron chi connectivity index (χ3n) is 5.61. The van der Waals surface area contributed by atoms with Crippen LogP contribution in [-0.2, 0) is 16.1 Å². The van der Waals surface area contributed by atoms with Gasteiger partial charge in [-0.1, -0.05) is 12.1 Å². The summed E-state index contributed by atoms with van der Waals surface area (Å²) in [5.41, 5.74) is 1.59. The van der Waals surface area contributed by atoms with Crippen molar-refractivity contribution in [2.45, 2.75) is 37.6 Å². The molecule has 0 spiro atoms. The van der Waals surface area contributed by atoms with E-state index in [0.717, 1.165) is 44.6 Å². The second kappa shape index (κ2) is 7.96. The minimum absolute atomic E-state index is 0.00383. The molecule has 4 rings (SSSR count). The number of ether oxygens (including phenoxy) is 1. The average Bonchev–Trinajstić information content (AvgIpc) is 3.37. The van der Waals surface area contributed by atoms with E-state index in [1.807, 2.05) is 24.3 Å². The van der Waals surface area contributed by atoms with Crippen LogP contribution in [0.15, 0.2) is 24.3 Å². The molecule has 1 aliphatic carbocycles. The SMILES string of the molecule is CN1CCOC2CN(CC(=O)NCc3cccc(C(=O)NC4CC4)c3)CC21. The lowest BCUT2D eigenvalue weighted by molar-refractivity contribution is -0.122. The summed E-state index contributed by atoms with van der Waals surface area (Å²) in [6.07, 6.45) is 2.35. The molecular weight excluding hydrogens is 344 g/mol. The minimum Gasteiger partial charge on any atom is -0.374 e. The van der Waals surface area contributed by atoms with Crippen LogP contribution in [0.5, 0.6) is 0 Å². The molecule has 1 aromatic rings. The highest BCUT2D eigenvalue weighted by Gasteiger charge is 2.38. The molecule has 2 N–H and O–H groups in total. The van der Waals surface area contributed by atoms with Crippen molar-refractivity contribution < 1.29 is 14.3 Å². The summed E-state index contributed by atoms with van der Waals surface area (Å²) in [6, 6.07) is 8.18. The fourth-order valence-corrected chi connectivity index (χ4v) is 3.84. The van der Waals surface area contributed by atoms with Gasteiger partial charge in [-0.05, 0) is 37.6 Å². The molecule has 2 atom stereocenters. The summed E-state index contributed by atoms with van der Waals surface area (Å²) < 4.78 is 5.83. The van der Waals surface area contributed by atoms with Gasteiger partial charge in [0, 0.05) is 43.8 Å². The largest absolute Gasteiger partial charge is 0.374 e. The highest BCUT2D eigenvalue weighted by Crippen LogP contribution is 2.21. The van der Waals surface area contributed by atoms with E-state index in [-0.39, 0.29) is 17.9 Å². The van der Waals surface area contributed by atoms with Crippen LogP contribution in [0.1, 0.15) is 28.8 Å². The molecule has 0 bridgehead atoms. The Balaban J connectivity index is 1.25. The lowest BCUT2D eigenvalue weighted by Gasteiger charge is -2.33. The van der Waals surface area contributed by atoms with E-state index >= 15 is 0 Å². The Bertz CT molecular complexity index is 706. The fraction of sp³-hybridized carbons (Fsp3) is 0.600. The Morgan fingerprint density at radius 1 is 1.26 bits per heavy atom. The molecule has 27 heavy (non-hydrogen) atoms. The predicted octanol–water partition coefficient (Wildman–Crippen LogP) is 0.210. The first-order valence-corrected chi connectivity index (χ1v) is 9.79. The Labute approximate surface area is 160 Å². The minimum atomic E-state index is -0.0329. The molecule has 1 saturated carbocycles. The third kappa shape index (κ3) is 4.66. The van der Waals surface area contributed by atoms with Crippen molar-refractivity contribution in [2.24, 2.45) is 0 Å². The van der Waals surface area contributed by atoms with Crippen molar-refractivity contribution >= 4 is 11.8 Å².